The number of fused-ring (bicyclic) bond motifs is 2. The Balaban J connectivity index is 1.86. The summed E-state index contributed by atoms with van der Waals surface area (Å²) in [6.45, 7) is 15.2. The molecule has 1 aliphatic heterocycles. The molecule has 0 N–H and O–H groups in total. The molecule has 3 aliphatic carbocycles. The number of esters is 4. The summed E-state index contributed by atoms with van der Waals surface area (Å²) in [5.74, 6) is -3.99. The summed E-state index contributed by atoms with van der Waals surface area (Å²) in [6.07, 6.45) is -4.99. The largest absolute Gasteiger partial charge is 0.461 e. The standard InChI is InChI=1S/C33H38O10/c1-16-22(37)14-24(39-18(3)34)32(8)26(16)28(40-19(4)35)33-15-23(43-31(33,6)7)17(2)25(33)27(29(32)41-20(5)36)42-30(38)21-12-10-9-11-13-21/h9-13,23-24,26-29H,1,14-15H2,2-8H3/t23-,24+,26+,27-,28+,29+,32-,33+/m1/s1. The molecule has 1 spiro atoms. The average molecular weight is 595 g/mol. The van der Waals surface area contributed by atoms with Crippen LogP contribution in [0.3, 0.4) is 0 Å². The predicted octanol–water partition coefficient (Wildman–Crippen LogP) is 4.06. The van der Waals surface area contributed by atoms with Gasteiger partial charge >= 0.3 is 23.9 Å². The van der Waals surface area contributed by atoms with Gasteiger partial charge in [-0.05, 0) is 56.0 Å². The van der Waals surface area contributed by atoms with Crippen molar-refractivity contribution in [3.8, 4) is 0 Å². The lowest BCUT2D eigenvalue weighted by Crippen LogP contribution is -2.62. The molecule has 1 aromatic carbocycles. The molecule has 43 heavy (non-hydrogen) atoms. The van der Waals surface area contributed by atoms with Crippen LogP contribution >= 0.6 is 0 Å². The third kappa shape index (κ3) is 4.53. The van der Waals surface area contributed by atoms with E-state index in [-0.39, 0.29) is 23.3 Å². The van der Waals surface area contributed by atoms with E-state index < -0.39 is 76.7 Å². The molecule has 0 unspecified atom stereocenters. The van der Waals surface area contributed by atoms with Crippen molar-refractivity contribution >= 4 is 29.7 Å². The maximum absolute atomic E-state index is 13.8. The Morgan fingerprint density at radius 1 is 0.884 bits per heavy atom. The number of hydrogen-bond acceptors (Lipinski definition) is 10. The van der Waals surface area contributed by atoms with Crippen molar-refractivity contribution in [2.24, 2.45) is 16.7 Å². The van der Waals surface area contributed by atoms with Crippen LogP contribution in [-0.2, 0) is 42.9 Å². The van der Waals surface area contributed by atoms with Gasteiger partial charge in [-0.15, -0.1) is 0 Å². The normalized spacial score (nSPS) is 35.8. The number of carbonyl (C=O) groups excluding carboxylic acids is 5. The minimum absolute atomic E-state index is 0.141. The van der Waals surface area contributed by atoms with Crippen LogP contribution in [0.4, 0.5) is 0 Å². The number of ketones is 1. The van der Waals surface area contributed by atoms with Gasteiger partial charge in [-0.2, -0.15) is 0 Å². The van der Waals surface area contributed by atoms with E-state index in [4.69, 9.17) is 23.7 Å². The zero-order chi connectivity index (χ0) is 31.6. The first-order valence-electron chi connectivity index (χ1n) is 14.4. The summed E-state index contributed by atoms with van der Waals surface area (Å²) in [6, 6.07) is 8.40. The molecule has 1 heterocycles. The molecule has 0 aromatic heterocycles. The van der Waals surface area contributed by atoms with Gasteiger partial charge < -0.3 is 23.7 Å². The molecule has 5 rings (SSSR count). The predicted molar refractivity (Wildman–Crippen MR) is 151 cm³/mol. The highest BCUT2D eigenvalue weighted by atomic mass is 16.6. The topological polar surface area (TPSA) is 132 Å². The van der Waals surface area contributed by atoms with Crippen molar-refractivity contribution in [3.05, 3.63) is 59.2 Å². The van der Waals surface area contributed by atoms with Gasteiger partial charge in [0.05, 0.1) is 28.1 Å². The summed E-state index contributed by atoms with van der Waals surface area (Å²) in [7, 11) is 0. The molecular weight excluding hydrogens is 556 g/mol. The quantitative estimate of drug-likeness (QED) is 0.213. The van der Waals surface area contributed by atoms with Crippen LogP contribution < -0.4 is 0 Å². The SMILES string of the molecule is C=C1C(=O)C[C@H](OC(C)=O)[C@@]2(C)[C@@H](OC(C)=O)[C@H](OC(=O)c3ccccc3)C3=C(C)[C@H]4C[C@]3([C@@H](OC(C)=O)[C@H]12)C(C)(C)O4. The summed E-state index contributed by atoms with van der Waals surface area (Å²) >= 11 is 0. The fourth-order valence-corrected chi connectivity index (χ4v) is 8.19. The van der Waals surface area contributed by atoms with Gasteiger partial charge in [0.15, 0.2) is 18.0 Å². The van der Waals surface area contributed by atoms with Gasteiger partial charge in [0.2, 0.25) is 0 Å². The number of carbonyl (C=O) groups is 5. The first kappa shape index (κ1) is 30.7. The van der Waals surface area contributed by atoms with Crippen molar-refractivity contribution in [3.63, 3.8) is 0 Å². The van der Waals surface area contributed by atoms with Crippen LogP contribution in [0.5, 0.6) is 0 Å². The highest BCUT2D eigenvalue weighted by Gasteiger charge is 2.76. The van der Waals surface area contributed by atoms with E-state index in [1.807, 2.05) is 20.8 Å². The van der Waals surface area contributed by atoms with E-state index in [0.29, 0.717) is 12.0 Å². The zero-order valence-corrected chi connectivity index (χ0v) is 25.6. The van der Waals surface area contributed by atoms with Crippen LogP contribution in [0.1, 0.15) is 71.7 Å². The van der Waals surface area contributed by atoms with E-state index in [1.165, 1.54) is 20.8 Å². The number of Topliss-reactive ketones (excluding diaryl/α,β-unsaturated/α-hetero) is 1. The average Bonchev–Trinajstić information content (AvgIpc) is 3.34. The third-order valence-electron chi connectivity index (χ3n) is 9.97. The second-order valence-corrected chi connectivity index (χ2v) is 12.7. The molecule has 0 amide bonds. The van der Waals surface area contributed by atoms with E-state index >= 15 is 0 Å². The Hall–Kier alpha value is -3.79. The zero-order valence-electron chi connectivity index (χ0n) is 25.6. The van der Waals surface area contributed by atoms with Gasteiger partial charge in [0.25, 0.3) is 0 Å². The van der Waals surface area contributed by atoms with Gasteiger partial charge in [-0.1, -0.05) is 31.7 Å². The molecule has 1 saturated heterocycles. The van der Waals surface area contributed by atoms with E-state index in [0.717, 1.165) is 5.57 Å². The molecule has 2 bridgehead atoms. The number of rotatable bonds is 5. The highest BCUT2D eigenvalue weighted by Crippen LogP contribution is 2.69. The van der Waals surface area contributed by atoms with E-state index in [1.54, 1.807) is 37.3 Å². The summed E-state index contributed by atoms with van der Waals surface area (Å²) < 4.78 is 31.0. The second-order valence-electron chi connectivity index (χ2n) is 12.7. The number of hydrogen-bond donors (Lipinski definition) is 0. The molecule has 10 heteroatoms. The Morgan fingerprint density at radius 2 is 1.47 bits per heavy atom. The van der Waals surface area contributed by atoms with Gasteiger partial charge in [-0.25, -0.2) is 4.79 Å². The fraction of sp³-hybridized carbons (Fsp3) is 0.545. The minimum Gasteiger partial charge on any atom is -0.461 e. The molecule has 0 radical (unpaired) electrons. The first-order valence-corrected chi connectivity index (χ1v) is 14.4. The maximum Gasteiger partial charge on any atom is 0.338 e. The molecule has 2 saturated carbocycles. The van der Waals surface area contributed by atoms with E-state index in [2.05, 4.69) is 6.58 Å². The van der Waals surface area contributed by atoms with Gasteiger partial charge in [0, 0.05) is 33.1 Å². The smallest absolute Gasteiger partial charge is 0.338 e. The molecule has 230 valence electrons. The molecular formula is C33H38O10. The molecule has 3 fully saturated rings. The molecule has 4 aliphatic rings. The van der Waals surface area contributed by atoms with Crippen molar-refractivity contribution < 1.29 is 47.7 Å². The van der Waals surface area contributed by atoms with Crippen molar-refractivity contribution in [1.82, 2.24) is 0 Å². The fourth-order valence-electron chi connectivity index (χ4n) is 8.19. The third-order valence-corrected chi connectivity index (χ3v) is 9.97. The number of benzene rings is 1. The maximum atomic E-state index is 13.8. The first-order chi connectivity index (χ1) is 20.1. The summed E-state index contributed by atoms with van der Waals surface area (Å²) in [5, 5.41) is 0. The lowest BCUT2D eigenvalue weighted by Gasteiger charge is -2.53. The van der Waals surface area contributed by atoms with Crippen molar-refractivity contribution in [2.45, 2.75) is 97.4 Å². The van der Waals surface area contributed by atoms with Crippen LogP contribution in [0.25, 0.3) is 0 Å². The number of ether oxygens (including phenoxy) is 5. The van der Waals surface area contributed by atoms with Crippen LogP contribution in [0.15, 0.2) is 53.6 Å². The lowest BCUT2D eigenvalue weighted by molar-refractivity contribution is -0.203. The summed E-state index contributed by atoms with van der Waals surface area (Å²) in [5.41, 5.74) is -1.79. The second kappa shape index (κ2) is 10.4. The Morgan fingerprint density at radius 3 is 2.05 bits per heavy atom. The van der Waals surface area contributed by atoms with Crippen molar-refractivity contribution in [2.75, 3.05) is 0 Å². The van der Waals surface area contributed by atoms with Crippen LogP contribution in [0, 0.1) is 16.7 Å². The van der Waals surface area contributed by atoms with E-state index in [9.17, 15) is 24.0 Å². The Bertz CT molecular complexity index is 1440. The van der Waals surface area contributed by atoms with Gasteiger partial charge in [0.1, 0.15) is 12.2 Å². The molecule has 8 atom stereocenters. The lowest BCUT2D eigenvalue weighted by atomic mass is 9.55. The monoisotopic (exact) mass is 594 g/mol. The highest BCUT2D eigenvalue weighted by molar-refractivity contribution is 5.97. The van der Waals surface area contributed by atoms with Gasteiger partial charge in [-0.3, -0.25) is 19.2 Å². The Kier molecular flexibility index (Phi) is 7.44. The summed E-state index contributed by atoms with van der Waals surface area (Å²) in [4.78, 5) is 65.5. The molecule has 1 aromatic rings. The minimum atomic E-state index is -1.44. The Labute approximate surface area is 250 Å². The van der Waals surface area contributed by atoms with Crippen LogP contribution in [-0.4, -0.2) is 65.8 Å². The van der Waals surface area contributed by atoms with Crippen molar-refractivity contribution in [1.29, 1.82) is 0 Å². The van der Waals surface area contributed by atoms with Crippen LogP contribution in [0.2, 0.25) is 0 Å². The molecule has 10 nitrogen and oxygen atoms in total.